The van der Waals surface area contributed by atoms with Crippen molar-refractivity contribution < 1.29 is 19.3 Å². The number of hydrogen-bond donors (Lipinski definition) is 1. The topological polar surface area (TPSA) is 51.2 Å². The van der Waals surface area contributed by atoms with Crippen molar-refractivity contribution in [3.05, 3.63) is 52.6 Å². The van der Waals surface area contributed by atoms with E-state index in [1.165, 1.54) is 0 Å². The molecule has 1 atom stereocenters. The van der Waals surface area contributed by atoms with Crippen molar-refractivity contribution in [1.29, 1.82) is 0 Å². The van der Waals surface area contributed by atoms with Gasteiger partial charge in [-0.1, -0.05) is 12.1 Å². The third-order valence-electron chi connectivity index (χ3n) is 4.94. The predicted molar refractivity (Wildman–Crippen MR) is 88.8 cm³/mol. The smallest absolute Gasteiger partial charge is 0.231 e. The normalized spacial score (nSPS) is 20.0. The summed E-state index contributed by atoms with van der Waals surface area (Å²) in [5.74, 6) is 2.33. The van der Waals surface area contributed by atoms with E-state index in [9.17, 15) is 5.11 Å². The molecule has 0 aliphatic carbocycles. The lowest BCUT2D eigenvalue weighted by Crippen LogP contribution is -2.34. The van der Waals surface area contributed by atoms with E-state index in [1.807, 2.05) is 24.3 Å². The first-order valence-electron chi connectivity index (χ1n) is 7.99. The molecule has 5 rings (SSSR count). The maximum Gasteiger partial charge on any atom is 0.231 e. The van der Waals surface area contributed by atoms with E-state index in [2.05, 4.69) is 17.0 Å². The number of hydrogen-bond acceptors (Lipinski definition) is 5. The van der Waals surface area contributed by atoms with E-state index in [4.69, 9.17) is 14.2 Å². The van der Waals surface area contributed by atoms with Crippen LogP contribution in [0.3, 0.4) is 0 Å². The van der Waals surface area contributed by atoms with Crippen LogP contribution in [-0.4, -0.2) is 30.5 Å². The molecule has 0 aromatic heterocycles. The van der Waals surface area contributed by atoms with Crippen LogP contribution in [0.4, 0.5) is 0 Å². The molecule has 0 saturated carbocycles. The minimum atomic E-state index is -0.553. The zero-order valence-electron chi connectivity index (χ0n) is 13.3. The molecule has 0 saturated heterocycles. The lowest BCUT2D eigenvalue weighted by molar-refractivity contribution is 0.128. The number of methoxy groups -OCH3 is 1. The van der Waals surface area contributed by atoms with Crippen molar-refractivity contribution in [3.63, 3.8) is 0 Å². The highest BCUT2D eigenvalue weighted by molar-refractivity contribution is 5.87. The van der Waals surface area contributed by atoms with Crippen LogP contribution in [0.2, 0.25) is 0 Å². The van der Waals surface area contributed by atoms with E-state index < -0.39 is 6.10 Å². The molecule has 0 spiro atoms. The number of nitrogens with zero attached hydrogens (tertiary/aromatic N) is 1. The van der Waals surface area contributed by atoms with Crippen LogP contribution in [0.5, 0.6) is 17.2 Å². The van der Waals surface area contributed by atoms with Gasteiger partial charge in [0.25, 0.3) is 0 Å². The maximum atomic E-state index is 10.6. The van der Waals surface area contributed by atoms with E-state index in [1.54, 1.807) is 7.11 Å². The molecule has 2 aromatic rings. The van der Waals surface area contributed by atoms with Gasteiger partial charge in [-0.2, -0.15) is 0 Å². The lowest BCUT2D eigenvalue weighted by Gasteiger charge is -2.39. The molecule has 5 heteroatoms. The van der Waals surface area contributed by atoms with Gasteiger partial charge in [-0.3, -0.25) is 0 Å². The van der Waals surface area contributed by atoms with Gasteiger partial charge in [-0.05, 0) is 35.4 Å². The number of fused-ring (bicyclic) bond motifs is 5. The third kappa shape index (κ3) is 1.85. The first kappa shape index (κ1) is 13.7. The summed E-state index contributed by atoms with van der Waals surface area (Å²) in [6.07, 6.45) is 1.61. The van der Waals surface area contributed by atoms with Crippen LogP contribution in [0.25, 0.3) is 11.8 Å². The molecule has 1 N–H and O–H groups in total. The predicted octanol–water partition coefficient (Wildman–Crippen LogP) is 2.78. The largest absolute Gasteiger partial charge is 0.496 e. The van der Waals surface area contributed by atoms with E-state index in [0.717, 1.165) is 46.0 Å². The summed E-state index contributed by atoms with van der Waals surface area (Å²) >= 11 is 0. The highest BCUT2D eigenvalue weighted by Gasteiger charge is 2.33. The Kier molecular flexibility index (Phi) is 2.82. The minimum Gasteiger partial charge on any atom is -0.496 e. The fraction of sp³-hybridized carbons (Fsp3) is 0.263. The van der Waals surface area contributed by atoms with Gasteiger partial charge in [0.1, 0.15) is 5.75 Å². The van der Waals surface area contributed by atoms with Gasteiger partial charge in [0.05, 0.1) is 13.2 Å². The van der Waals surface area contributed by atoms with Crippen molar-refractivity contribution in [2.45, 2.75) is 12.6 Å². The Morgan fingerprint density at radius 1 is 1.21 bits per heavy atom. The van der Waals surface area contributed by atoms with Crippen molar-refractivity contribution in [2.24, 2.45) is 0 Å². The van der Waals surface area contributed by atoms with E-state index in [-0.39, 0.29) is 6.79 Å². The van der Waals surface area contributed by atoms with Gasteiger partial charge in [0, 0.05) is 29.9 Å². The van der Waals surface area contributed by atoms with Crippen LogP contribution < -0.4 is 14.2 Å². The fourth-order valence-corrected chi connectivity index (χ4v) is 3.77. The summed E-state index contributed by atoms with van der Waals surface area (Å²) in [7, 11) is 1.69. The lowest BCUT2D eigenvalue weighted by atomic mass is 9.89. The molecule has 122 valence electrons. The van der Waals surface area contributed by atoms with Gasteiger partial charge in [0.2, 0.25) is 6.79 Å². The molecule has 3 heterocycles. The Labute approximate surface area is 139 Å². The zero-order chi connectivity index (χ0) is 16.3. The molecular formula is C19H17NO4. The van der Waals surface area contributed by atoms with Crippen molar-refractivity contribution in [3.8, 4) is 17.2 Å². The second-order valence-electron chi connectivity index (χ2n) is 6.25. The summed E-state index contributed by atoms with van der Waals surface area (Å²) in [6.45, 7) is 1.50. The Morgan fingerprint density at radius 2 is 2.04 bits per heavy atom. The van der Waals surface area contributed by atoms with Crippen molar-refractivity contribution in [2.75, 3.05) is 20.4 Å². The number of aliphatic hydroxyl groups is 1. The van der Waals surface area contributed by atoms with Crippen LogP contribution in [-0.2, 0) is 6.54 Å². The SMILES string of the molecule is COc1cccc2c1CN1C[C@H](O)c3cc4c(cc3C1=C2)OCO4. The van der Waals surface area contributed by atoms with Crippen LogP contribution in [0.15, 0.2) is 30.3 Å². The Bertz CT molecular complexity index is 874. The van der Waals surface area contributed by atoms with Gasteiger partial charge in [0.15, 0.2) is 11.5 Å². The van der Waals surface area contributed by atoms with Gasteiger partial charge in [-0.25, -0.2) is 0 Å². The van der Waals surface area contributed by atoms with E-state index >= 15 is 0 Å². The van der Waals surface area contributed by atoms with Gasteiger partial charge < -0.3 is 24.2 Å². The van der Waals surface area contributed by atoms with Crippen molar-refractivity contribution >= 4 is 11.8 Å². The van der Waals surface area contributed by atoms with Crippen LogP contribution >= 0.6 is 0 Å². The Balaban J connectivity index is 1.70. The average Bonchev–Trinajstić information content (AvgIpc) is 3.06. The number of ether oxygens (including phenoxy) is 3. The molecule has 0 bridgehead atoms. The fourth-order valence-electron chi connectivity index (χ4n) is 3.77. The zero-order valence-corrected chi connectivity index (χ0v) is 13.3. The third-order valence-corrected chi connectivity index (χ3v) is 4.94. The Hall–Kier alpha value is -2.66. The molecule has 0 amide bonds. The number of benzene rings is 2. The first-order chi connectivity index (χ1) is 11.7. The molecule has 24 heavy (non-hydrogen) atoms. The standard InChI is InChI=1S/C19H17NO4/c1-22-17-4-2-3-11-5-15-12-6-18-19(24-10-23-18)7-13(12)16(21)9-20(15)8-14(11)17/h2-7,16,21H,8-10H2,1H3/t16-/m0/s1. The summed E-state index contributed by atoms with van der Waals surface area (Å²) in [6, 6.07) is 9.96. The van der Waals surface area contributed by atoms with Crippen LogP contribution in [0, 0.1) is 0 Å². The van der Waals surface area contributed by atoms with Crippen molar-refractivity contribution in [1.82, 2.24) is 4.90 Å². The minimum absolute atomic E-state index is 0.233. The molecule has 3 aliphatic rings. The summed E-state index contributed by atoms with van der Waals surface area (Å²) in [5.41, 5.74) is 5.31. The molecule has 5 nitrogen and oxygen atoms in total. The number of rotatable bonds is 1. The highest BCUT2D eigenvalue weighted by atomic mass is 16.7. The first-order valence-corrected chi connectivity index (χ1v) is 7.99. The molecular weight excluding hydrogens is 306 g/mol. The molecule has 0 radical (unpaired) electrons. The van der Waals surface area contributed by atoms with Crippen LogP contribution in [0.1, 0.15) is 28.4 Å². The second-order valence-corrected chi connectivity index (χ2v) is 6.25. The summed E-state index contributed by atoms with van der Waals surface area (Å²) in [4.78, 5) is 2.19. The number of aliphatic hydroxyl groups excluding tert-OH is 1. The second kappa shape index (κ2) is 4.92. The van der Waals surface area contributed by atoms with E-state index in [0.29, 0.717) is 12.3 Å². The molecule has 0 fully saturated rings. The molecule has 3 aliphatic heterocycles. The summed E-state index contributed by atoms with van der Waals surface area (Å²) in [5, 5.41) is 10.6. The Morgan fingerprint density at radius 3 is 2.88 bits per heavy atom. The molecule has 0 unspecified atom stereocenters. The summed E-state index contributed by atoms with van der Waals surface area (Å²) < 4.78 is 16.5. The monoisotopic (exact) mass is 323 g/mol. The quantitative estimate of drug-likeness (QED) is 0.874. The van der Waals surface area contributed by atoms with Gasteiger partial charge >= 0.3 is 0 Å². The molecule has 2 aromatic carbocycles. The highest BCUT2D eigenvalue weighted by Crippen LogP contribution is 2.46. The van der Waals surface area contributed by atoms with Gasteiger partial charge in [-0.15, -0.1) is 0 Å². The average molecular weight is 323 g/mol. The maximum absolute atomic E-state index is 10.6.